The molecule has 1 aromatic rings. The quantitative estimate of drug-likeness (QED) is 0.692. The minimum atomic E-state index is -0.0149. The van der Waals surface area contributed by atoms with E-state index >= 15 is 0 Å². The van der Waals surface area contributed by atoms with Crippen LogP contribution in [0.3, 0.4) is 0 Å². The molecule has 0 bridgehead atoms. The largest absolute Gasteiger partial charge is 0.496 e. The number of nitrogens with zero attached hydrogens (tertiary/aromatic N) is 2. The Bertz CT molecular complexity index is 729. The maximum atomic E-state index is 12.2. The van der Waals surface area contributed by atoms with Gasteiger partial charge in [0.25, 0.3) is 5.91 Å². The van der Waals surface area contributed by atoms with Gasteiger partial charge < -0.3 is 4.74 Å². The molecule has 2 rings (SSSR count). The highest BCUT2D eigenvalue weighted by Crippen LogP contribution is 2.36. The van der Waals surface area contributed by atoms with Crippen molar-refractivity contribution >= 4 is 22.9 Å². The van der Waals surface area contributed by atoms with Gasteiger partial charge in [-0.2, -0.15) is 5.10 Å². The maximum absolute atomic E-state index is 12.2. The number of carbonyl (C=O) groups excluding carboxylic acids is 1. The van der Waals surface area contributed by atoms with E-state index in [1.54, 1.807) is 19.3 Å². The SMILES string of the molecule is C=C/C=C(\C=C)c1cc(N2N=C(C)CC2=O)cc(CCC)c1OC. The Morgan fingerprint density at radius 3 is 2.67 bits per heavy atom. The van der Waals surface area contributed by atoms with Crippen molar-refractivity contribution in [1.82, 2.24) is 0 Å². The first-order valence-corrected chi connectivity index (χ1v) is 8.09. The zero-order chi connectivity index (χ0) is 17.7. The lowest BCUT2D eigenvalue weighted by molar-refractivity contribution is -0.116. The van der Waals surface area contributed by atoms with Crippen molar-refractivity contribution in [1.29, 1.82) is 0 Å². The van der Waals surface area contributed by atoms with Gasteiger partial charge in [-0.05, 0) is 36.6 Å². The average Bonchev–Trinajstić information content (AvgIpc) is 2.90. The first-order valence-electron chi connectivity index (χ1n) is 8.09. The molecule has 4 heteroatoms. The van der Waals surface area contributed by atoms with Crippen LogP contribution in [-0.2, 0) is 11.2 Å². The number of aryl methyl sites for hydroxylation is 1. The zero-order valence-corrected chi connectivity index (χ0v) is 14.6. The van der Waals surface area contributed by atoms with Gasteiger partial charge in [0.15, 0.2) is 0 Å². The molecule has 24 heavy (non-hydrogen) atoms. The number of ether oxygens (including phenoxy) is 1. The number of anilines is 1. The van der Waals surface area contributed by atoms with E-state index in [1.807, 2.05) is 25.1 Å². The van der Waals surface area contributed by atoms with Gasteiger partial charge >= 0.3 is 0 Å². The number of amides is 1. The summed E-state index contributed by atoms with van der Waals surface area (Å²) in [6.07, 6.45) is 7.55. The monoisotopic (exact) mass is 324 g/mol. The molecule has 126 valence electrons. The number of allylic oxidation sites excluding steroid dienone is 4. The number of rotatable bonds is 7. The summed E-state index contributed by atoms with van der Waals surface area (Å²) in [5, 5.41) is 5.84. The Balaban J connectivity index is 2.67. The molecule has 4 nitrogen and oxygen atoms in total. The molecule has 0 aliphatic carbocycles. The second-order valence-corrected chi connectivity index (χ2v) is 5.72. The van der Waals surface area contributed by atoms with Crippen LogP contribution in [-0.4, -0.2) is 18.7 Å². The van der Waals surface area contributed by atoms with Gasteiger partial charge in [0.2, 0.25) is 0 Å². The molecule has 0 N–H and O–H groups in total. The van der Waals surface area contributed by atoms with Crippen LogP contribution in [0.5, 0.6) is 5.75 Å². The molecular weight excluding hydrogens is 300 g/mol. The van der Waals surface area contributed by atoms with Gasteiger partial charge in [-0.15, -0.1) is 0 Å². The van der Waals surface area contributed by atoms with Crippen LogP contribution in [0.2, 0.25) is 0 Å². The van der Waals surface area contributed by atoms with E-state index in [2.05, 4.69) is 25.2 Å². The maximum Gasteiger partial charge on any atom is 0.253 e. The standard InChI is InChI=1S/C20H24N2O2/c1-6-9-15(8-3)18-13-17(22-19(23)11-14(4)21-22)12-16(10-7-2)20(18)24-5/h6,8-9,12-13H,1,3,7,10-11H2,2,4-5H3/b15-9+. The van der Waals surface area contributed by atoms with Gasteiger partial charge in [-0.25, -0.2) is 5.01 Å². The predicted octanol–water partition coefficient (Wildman–Crippen LogP) is 4.52. The van der Waals surface area contributed by atoms with Gasteiger partial charge in [0.05, 0.1) is 19.2 Å². The van der Waals surface area contributed by atoms with E-state index in [0.717, 1.165) is 46.7 Å². The molecule has 1 aromatic carbocycles. The fourth-order valence-electron chi connectivity index (χ4n) is 2.86. The van der Waals surface area contributed by atoms with Gasteiger partial charge in [0.1, 0.15) is 5.75 Å². The van der Waals surface area contributed by atoms with Crippen molar-refractivity contribution in [3.63, 3.8) is 0 Å². The first-order chi connectivity index (χ1) is 11.5. The molecule has 0 fully saturated rings. The number of hydrazone groups is 1. The fraction of sp³-hybridized carbons (Fsp3) is 0.300. The summed E-state index contributed by atoms with van der Waals surface area (Å²) >= 11 is 0. The van der Waals surface area contributed by atoms with Crippen LogP contribution in [0.15, 0.2) is 48.6 Å². The van der Waals surface area contributed by atoms with E-state index in [1.165, 1.54) is 5.01 Å². The molecule has 0 saturated heterocycles. The second kappa shape index (κ2) is 7.77. The highest BCUT2D eigenvalue weighted by atomic mass is 16.5. The summed E-state index contributed by atoms with van der Waals surface area (Å²) in [7, 11) is 1.66. The Kier molecular flexibility index (Phi) is 5.74. The van der Waals surface area contributed by atoms with E-state index in [-0.39, 0.29) is 5.91 Å². The topological polar surface area (TPSA) is 41.9 Å². The Hall–Kier alpha value is -2.62. The molecule has 0 unspecified atom stereocenters. The summed E-state index contributed by atoms with van der Waals surface area (Å²) in [5.74, 6) is 0.792. The van der Waals surface area contributed by atoms with E-state index < -0.39 is 0 Å². The van der Waals surface area contributed by atoms with Crippen LogP contribution in [0.25, 0.3) is 5.57 Å². The molecule has 0 aromatic heterocycles. The summed E-state index contributed by atoms with van der Waals surface area (Å²) in [5.41, 5.74) is 4.42. The van der Waals surface area contributed by atoms with Gasteiger partial charge in [-0.3, -0.25) is 4.79 Å². The minimum absolute atomic E-state index is 0.0149. The van der Waals surface area contributed by atoms with E-state index in [0.29, 0.717) is 6.42 Å². The smallest absolute Gasteiger partial charge is 0.253 e. The van der Waals surface area contributed by atoms with Crippen molar-refractivity contribution in [2.45, 2.75) is 33.1 Å². The van der Waals surface area contributed by atoms with E-state index in [4.69, 9.17) is 4.74 Å². The molecule has 0 radical (unpaired) electrons. The lowest BCUT2D eigenvalue weighted by Gasteiger charge is -2.19. The summed E-state index contributed by atoms with van der Waals surface area (Å²) < 4.78 is 5.66. The number of hydrogen-bond donors (Lipinski definition) is 0. The van der Waals surface area contributed by atoms with Gasteiger partial charge in [-0.1, -0.05) is 44.7 Å². The van der Waals surface area contributed by atoms with Crippen LogP contribution in [0.4, 0.5) is 5.69 Å². The Labute approximate surface area is 143 Å². The zero-order valence-electron chi connectivity index (χ0n) is 14.6. The molecule has 1 heterocycles. The second-order valence-electron chi connectivity index (χ2n) is 5.72. The van der Waals surface area contributed by atoms with Crippen molar-refractivity contribution in [2.24, 2.45) is 5.10 Å². The summed E-state index contributed by atoms with van der Waals surface area (Å²) in [6, 6.07) is 3.91. The number of methoxy groups -OCH3 is 1. The third kappa shape index (κ3) is 3.48. The highest BCUT2D eigenvalue weighted by Gasteiger charge is 2.25. The van der Waals surface area contributed by atoms with Gasteiger partial charge in [0, 0.05) is 11.3 Å². The molecule has 0 saturated carbocycles. The number of benzene rings is 1. The molecule has 0 atom stereocenters. The van der Waals surface area contributed by atoms with Crippen molar-refractivity contribution in [3.8, 4) is 5.75 Å². The molecule has 1 amide bonds. The number of carbonyl (C=O) groups is 1. The van der Waals surface area contributed by atoms with Crippen molar-refractivity contribution in [2.75, 3.05) is 12.1 Å². The first kappa shape index (κ1) is 17.7. The fourth-order valence-corrected chi connectivity index (χ4v) is 2.86. The molecule has 0 spiro atoms. The van der Waals surface area contributed by atoms with E-state index in [9.17, 15) is 4.79 Å². The minimum Gasteiger partial charge on any atom is -0.496 e. The molecular formula is C20H24N2O2. The van der Waals surface area contributed by atoms with Crippen LogP contribution < -0.4 is 9.75 Å². The Morgan fingerprint density at radius 1 is 1.42 bits per heavy atom. The Morgan fingerprint density at radius 2 is 2.17 bits per heavy atom. The van der Waals surface area contributed by atoms with Crippen LogP contribution in [0.1, 0.15) is 37.8 Å². The summed E-state index contributed by atoms with van der Waals surface area (Å²) in [6.45, 7) is 11.6. The lowest BCUT2D eigenvalue weighted by atomic mass is 9.97. The predicted molar refractivity (Wildman–Crippen MR) is 101 cm³/mol. The van der Waals surface area contributed by atoms with Crippen molar-refractivity contribution < 1.29 is 9.53 Å². The lowest BCUT2D eigenvalue weighted by Crippen LogP contribution is -2.20. The third-order valence-electron chi connectivity index (χ3n) is 3.86. The average molecular weight is 324 g/mol. The molecule has 1 aliphatic heterocycles. The van der Waals surface area contributed by atoms with Crippen LogP contribution in [0, 0.1) is 0 Å². The summed E-state index contributed by atoms with van der Waals surface area (Å²) in [4.78, 5) is 12.2. The third-order valence-corrected chi connectivity index (χ3v) is 3.86. The highest BCUT2D eigenvalue weighted by molar-refractivity contribution is 6.12. The van der Waals surface area contributed by atoms with Crippen molar-refractivity contribution in [3.05, 3.63) is 54.6 Å². The number of hydrogen-bond acceptors (Lipinski definition) is 3. The normalized spacial score (nSPS) is 14.6. The molecule has 1 aliphatic rings. The van der Waals surface area contributed by atoms with Crippen LogP contribution >= 0.6 is 0 Å².